The fourth-order valence-corrected chi connectivity index (χ4v) is 4.52. The van der Waals surface area contributed by atoms with Gasteiger partial charge in [0.25, 0.3) is 5.69 Å². The van der Waals surface area contributed by atoms with Crippen molar-refractivity contribution in [2.75, 3.05) is 0 Å². The quantitative estimate of drug-likeness (QED) is 0.497. The first-order valence-corrected chi connectivity index (χ1v) is 9.74. The molecule has 0 atom stereocenters. The first-order valence-electron chi connectivity index (χ1n) is 8.86. The van der Waals surface area contributed by atoms with Gasteiger partial charge in [0.1, 0.15) is 0 Å². The Balaban J connectivity index is 1.90. The molecule has 0 spiro atoms. The minimum atomic E-state index is -0.409. The summed E-state index contributed by atoms with van der Waals surface area (Å²) in [7, 11) is 0. The molecule has 26 heavy (non-hydrogen) atoms. The van der Waals surface area contributed by atoms with E-state index >= 15 is 0 Å². The monoisotopic (exact) mass is 369 g/mol. The summed E-state index contributed by atoms with van der Waals surface area (Å²) in [6.07, 6.45) is 5.89. The van der Waals surface area contributed by atoms with E-state index in [9.17, 15) is 14.9 Å². The molecule has 1 fully saturated rings. The molecule has 0 aliphatic heterocycles. The number of nitrogens with zero attached hydrogens (tertiary/aromatic N) is 3. The molecule has 2 heterocycles. The fraction of sp³-hybridized carbons (Fsp3) is 0.368. The van der Waals surface area contributed by atoms with Crippen LogP contribution in [0.2, 0.25) is 0 Å². The maximum atomic E-state index is 12.8. The van der Waals surface area contributed by atoms with E-state index in [0.29, 0.717) is 23.5 Å². The first kappa shape index (κ1) is 16.9. The number of fused-ring (bicyclic) bond motifs is 1. The molecule has 0 radical (unpaired) electrons. The molecule has 3 aromatic rings. The van der Waals surface area contributed by atoms with Crippen molar-refractivity contribution in [1.29, 1.82) is 0 Å². The van der Waals surface area contributed by atoms with Gasteiger partial charge in [-0.3, -0.25) is 14.7 Å². The van der Waals surface area contributed by atoms with Crippen molar-refractivity contribution in [3.63, 3.8) is 0 Å². The number of hydrogen-bond donors (Lipinski definition) is 0. The number of hydrogen-bond acceptors (Lipinski definition) is 5. The molecule has 0 saturated heterocycles. The Hall–Kier alpha value is -2.54. The van der Waals surface area contributed by atoms with Gasteiger partial charge in [0.2, 0.25) is 0 Å². The minimum absolute atomic E-state index is 0.0139. The van der Waals surface area contributed by atoms with Crippen molar-refractivity contribution < 1.29 is 4.92 Å². The van der Waals surface area contributed by atoms with Gasteiger partial charge >= 0.3 is 5.69 Å². The minimum Gasteiger partial charge on any atom is -0.292 e. The van der Waals surface area contributed by atoms with Crippen molar-refractivity contribution in [3.8, 4) is 10.6 Å². The lowest BCUT2D eigenvalue weighted by atomic mass is 9.89. The van der Waals surface area contributed by atoms with E-state index < -0.39 is 4.92 Å². The zero-order chi connectivity index (χ0) is 18.1. The molecule has 2 aromatic heterocycles. The lowest BCUT2D eigenvalue weighted by Gasteiger charge is -2.23. The Morgan fingerprint density at radius 1 is 1.23 bits per heavy atom. The second-order valence-electron chi connectivity index (χ2n) is 6.79. The summed E-state index contributed by atoms with van der Waals surface area (Å²) < 4.78 is 1.70. The van der Waals surface area contributed by atoms with E-state index in [1.807, 2.05) is 17.5 Å². The van der Waals surface area contributed by atoms with E-state index in [4.69, 9.17) is 0 Å². The maximum absolute atomic E-state index is 12.8. The second kappa shape index (κ2) is 6.99. The standard InChI is InChI=1S/C19H19N3O3S/c23-19-20-18(17-7-4-10-26-17)15-11-14(22(24)25)8-9-16(15)21(19)12-13-5-2-1-3-6-13/h4,7-11,13H,1-3,5-6,12H2. The van der Waals surface area contributed by atoms with Gasteiger partial charge in [-0.15, -0.1) is 11.3 Å². The van der Waals surface area contributed by atoms with Gasteiger partial charge in [-0.1, -0.05) is 25.3 Å². The molecule has 0 bridgehead atoms. The Morgan fingerprint density at radius 2 is 2.04 bits per heavy atom. The largest absolute Gasteiger partial charge is 0.348 e. The second-order valence-corrected chi connectivity index (χ2v) is 7.74. The topological polar surface area (TPSA) is 78.0 Å². The average molecular weight is 369 g/mol. The highest BCUT2D eigenvalue weighted by atomic mass is 32.1. The van der Waals surface area contributed by atoms with Gasteiger partial charge in [0.05, 0.1) is 21.0 Å². The normalized spacial score (nSPS) is 15.4. The van der Waals surface area contributed by atoms with E-state index in [1.54, 1.807) is 10.6 Å². The van der Waals surface area contributed by atoms with E-state index in [2.05, 4.69) is 4.98 Å². The highest BCUT2D eigenvalue weighted by molar-refractivity contribution is 7.13. The first-order chi connectivity index (χ1) is 12.6. The van der Waals surface area contributed by atoms with Gasteiger partial charge in [0, 0.05) is 24.1 Å². The van der Waals surface area contributed by atoms with Crippen LogP contribution in [0.5, 0.6) is 0 Å². The molecule has 0 amide bonds. The molecule has 6 nitrogen and oxygen atoms in total. The van der Waals surface area contributed by atoms with E-state index in [0.717, 1.165) is 23.2 Å². The lowest BCUT2D eigenvalue weighted by molar-refractivity contribution is -0.384. The molecule has 1 aliphatic rings. The van der Waals surface area contributed by atoms with Crippen LogP contribution < -0.4 is 5.69 Å². The van der Waals surface area contributed by atoms with Crippen LogP contribution in [0.1, 0.15) is 32.1 Å². The third-order valence-corrected chi connectivity index (χ3v) is 5.97. The summed E-state index contributed by atoms with van der Waals surface area (Å²) in [6, 6.07) is 8.47. The van der Waals surface area contributed by atoms with Crippen molar-refractivity contribution in [2.24, 2.45) is 5.92 Å². The molecule has 4 rings (SSSR count). The van der Waals surface area contributed by atoms with Crippen molar-refractivity contribution in [3.05, 3.63) is 56.3 Å². The molecule has 1 aliphatic carbocycles. The molecule has 1 aromatic carbocycles. The Morgan fingerprint density at radius 3 is 2.73 bits per heavy atom. The smallest absolute Gasteiger partial charge is 0.292 e. The van der Waals surface area contributed by atoms with Crippen LogP contribution in [0.4, 0.5) is 5.69 Å². The zero-order valence-corrected chi connectivity index (χ0v) is 15.1. The lowest BCUT2D eigenvalue weighted by Crippen LogP contribution is -2.28. The number of aromatic nitrogens is 2. The van der Waals surface area contributed by atoms with Crippen LogP contribution in [0, 0.1) is 16.0 Å². The molecule has 1 saturated carbocycles. The van der Waals surface area contributed by atoms with Gasteiger partial charge in [-0.05, 0) is 36.3 Å². The predicted octanol–water partition coefficient (Wildman–Crippen LogP) is 4.61. The number of nitro groups is 1. The molecular formula is C19H19N3O3S. The third kappa shape index (κ3) is 3.14. The number of nitro benzene ring substituents is 1. The fourth-order valence-electron chi connectivity index (χ4n) is 3.79. The van der Waals surface area contributed by atoms with Gasteiger partial charge in [-0.2, -0.15) is 4.98 Å². The van der Waals surface area contributed by atoms with Crippen molar-refractivity contribution in [1.82, 2.24) is 9.55 Å². The molecule has 134 valence electrons. The van der Waals surface area contributed by atoms with Crippen molar-refractivity contribution in [2.45, 2.75) is 38.6 Å². The number of benzene rings is 1. The van der Waals surface area contributed by atoms with Crippen LogP contribution in [-0.2, 0) is 6.54 Å². The number of non-ortho nitro benzene ring substituents is 1. The number of thiophene rings is 1. The molecule has 0 N–H and O–H groups in total. The Kier molecular flexibility index (Phi) is 4.55. The third-order valence-electron chi connectivity index (χ3n) is 5.10. The summed E-state index contributed by atoms with van der Waals surface area (Å²) in [5.74, 6) is 0.467. The van der Waals surface area contributed by atoms with Gasteiger partial charge in [0.15, 0.2) is 0 Å². The number of rotatable bonds is 4. The highest BCUT2D eigenvalue weighted by Crippen LogP contribution is 2.32. The summed E-state index contributed by atoms with van der Waals surface area (Å²) in [4.78, 5) is 28.7. The summed E-state index contributed by atoms with van der Waals surface area (Å²) in [5.41, 5.74) is 0.994. The van der Waals surface area contributed by atoms with Crippen LogP contribution in [0.3, 0.4) is 0 Å². The highest BCUT2D eigenvalue weighted by Gasteiger charge is 2.20. The van der Waals surface area contributed by atoms with Gasteiger partial charge < -0.3 is 0 Å². The zero-order valence-electron chi connectivity index (χ0n) is 14.3. The van der Waals surface area contributed by atoms with Crippen LogP contribution in [0.15, 0.2) is 40.5 Å². The Labute approximate surface area is 154 Å². The molecular weight excluding hydrogens is 350 g/mol. The average Bonchev–Trinajstić information content (AvgIpc) is 3.18. The van der Waals surface area contributed by atoms with Crippen LogP contribution >= 0.6 is 11.3 Å². The molecule has 7 heteroatoms. The maximum Gasteiger partial charge on any atom is 0.348 e. The van der Waals surface area contributed by atoms with Crippen molar-refractivity contribution >= 4 is 27.9 Å². The van der Waals surface area contributed by atoms with Crippen LogP contribution in [0.25, 0.3) is 21.5 Å². The van der Waals surface area contributed by atoms with Crippen LogP contribution in [-0.4, -0.2) is 14.5 Å². The SMILES string of the molecule is O=c1nc(-c2cccs2)c2cc([N+](=O)[O-])ccc2n1CC1CCCCC1. The summed E-state index contributed by atoms with van der Waals surface area (Å²) in [6.45, 7) is 0.630. The summed E-state index contributed by atoms with van der Waals surface area (Å²) in [5, 5.41) is 13.8. The van der Waals surface area contributed by atoms with E-state index in [-0.39, 0.29) is 11.4 Å². The Bertz CT molecular complexity index is 1000. The predicted molar refractivity (Wildman–Crippen MR) is 103 cm³/mol. The summed E-state index contributed by atoms with van der Waals surface area (Å²) >= 11 is 1.47. The van der Waals surface area contributed by atoms with Gasteiger partial charge in [-0.25, -0.2) is 4.79 Å². The van der Waals surface area contributed by atoms with E-state index in [1.165, 1.54) is 42.7 Å². The molecule has 0 unspecified atom stereocenters.